The number of rotatable bonds is 4. The highest BCUT2D eigenvalue weighted by molar-refractivity contribution is 7.15. The number of fused-ring (bicyclic) bond motifs is 1. The van der Waals surface area contributed by atoms with Crippen LogP contribution < -0.4 is 5.73 Å². The molecule has 0 saturated carbocycles. The Morgan fingerprint density at radius 1 is 1.18 bits per heavy atom. The molecule has 0 radical (unpaired) electrons. The fourth-order valence-electron chi connectivity index (χ4n) is 3.05. The van der Waals surface area contributed by atoms with Crippen LogP contribution in [-0.2, 0) is 18.3 Å². The number of aromatic nitrogens is 2. The average Bonchev–Trinajstić information content (AvgIpc) is 3.19. The van der Waals surface area contributed by atoms with Crippen molar-refractivity contribution in [3.05, 3.63) is 59.5 Å². The Hall–Kier alpha value is -3.52. The van der Waals surface area contributed by atoms with E-state index in [0.29, 0.717) is 10.8 Å². The first-order chi connectivity index (χ1) is 13.5. The number of anilines is 1. The van der Waals surface area contributed by atoms with Crippen LogP contribution in [0.4, 0.5) is 10.8 Å². The molecule has 0 bridgehead atoms. The van der Waals surface area contributed by atoms with Gasteiger partial charge in [0.05, 0.1) is 17.6 Å². The third-order valence-electron chi connectivity index (χ3n) is 4.38. The summed E-state index contributed by atoms with van der Waals surface area (Å²) in [6, 6.07) is 16.9. The van der Waals surface area contributed by atoms with Crippen LogP contribution in [0, 0.1) is 0 Å². The zero-order chi connectivity index (χ0) is 19.7. The van der Waals surface area contributed by atoms with E-state index in [1.165, 1.54) is 11.3 Å². The van der Waals surface area contributed by atoms with Crippen LogP contribution in [0.25, 0.3) is 22.2 Å². The number of thiazole rings is 1. The number of azo groups is 1. The van der Waals surface area contributed by atoms with E-state index in [1.54, 1.807) is 11.6 Å². The normalized spacial score (nSPS) is 11.5. The van der Waals surface area contributed by atoms with Gasteiger partial charge in [-0.05, 0) is 6.07 Å². The van der Waals surface area contributed by atoms with Crippen molar-refractivity contribution < 1.29 is 9.90 Å². The molecule has 2 heterocycles. The molecule has 4 rings (SSSR count). The predicted octanol–water partition coefficient (Wildman–Crippen LogP) is 4.44. The van der Waals surface area contributed by atoms with E-state index in [9.17, 15) is 9.90 Å². The number of nitrogens with two attached hydrogens (primary N) is 1. The van der Waals surface area contributed by atoms with Crippen LogP contribution in [0.3, 0.4) is 0 Å². The van der Waals surface area contributed by atoms with Gasteiger partial charge in [0.25, 0.3) is 5.91 Å². The maximum absolute atomic E-state index is 12.4. The second-order valence-electron chi connectivity index (χ2n) is 6.21. The first-order valence-electron chi connectivity index (χ1n) is 8.56. The number of carbonyl (C=O) groups excluding carboxylic acids is 1. The second-order valence-corrected chi connectivity index (χ2v) is 7.32. The van der Waals surface area contributed by atoms with Crippen LogP contribution >= 0.6 is 11.3 Å². The predicted molar refractivity (Wildman–Crippen MR) is 110 cm³/mol. The lowest BCUT2D eigenvalue weighted by atomic mass is 10.1. The molecule has 4 aromatic rings. The van der Waals surface area contributed by atoms with Crippen molar-refractivity contribution in [1.29, 1.82) is 0 Å². The topological polar surface area (TPSA) is 106 Å². The summed E-state index contributed by atoms with van der Waals surface area (Å²) in [4.78, 5) is 17.5. The molecule has 0 saturated heterocycles. The highest BCUT2D eigenvalue weighted by Crippen LogP contribution is 2.38. The van der Waals surface area contributed by atoms with Crippen LogP contribution in [0.5, 0.6) is 5.88 Å². The SMILES string of the molecule is Cn1c(O)c(N=NC(=O)Cc2sc(N)nc2-c2ccccc2)c2ccccc21. The summed E-state index contributed by atoms with van der Waals surface area (Å²) < 4.78 is 1.60. The third kappa shape index (κ3) is 3.25. The lowest BCUT2D eigenvalue weighted by molar-refractivity contribution is -0.117. The van der Waals surface area contributed by atoms with E-state index in [2.05, 4.69) is 15.2 Å². The Morgan fingerprint density at radius 3 is 2.68 bits per heavy atom. The van der Waals surface area contributed by atoms with Gasteiger partial charge in [-0.2, -0.15) is 0 Å². The van der Waals surface area contributed by atoms with Crippen molar-refractivity contribution in [2.24, 2.45) is 17.3 Å². The molecule has 1 amide bonds. The molecule has 3 N–H and O–H groups in total. The summed E-state index contributed by atoms with van der Waals surface area (Å²) >= 11 is 1.26. The van der Waals surface area contributed by atoms with Gasteiger partial charge in [0.1, 0.15) is 0 Å². The second kappa shape index (κ2) is 7.24. The van der Waals surface area contributed by atoms with Crippen LogP contribution in [0.2, 0.25) is 0 Å². The highest BCUT2D eigenvalue weighted by Gasteiger charge is 2.17. The van der Waals surface area contributed by atoms with Crippen LogP contribution in [0.15, 0.2) is 64.8 Å². The van der Waals surface area contributed by atoms with Crippen molar-refractivity contribution >= 4 is 39.0 Å². The number of nitrogen functional groups attached to an aromatic ring is 1. The number of hydrogen-bond acceptors (Lipinski definition) is 6. The maximum atomic E-state index is 12.4. The monoisotopic (exact) mass is 391 g/mol. The molecule has 28 heavy (non-hydrogen) atoms. The van der Waals surface area contributed by atoms with Gasteiger partial charge in [-0.15, -0.1) is 21.6 Å². The van der Waals surface area contributed by atoms with Gasteiger partial charge in [-0.1, -0.05) is 48.5 Å². The van der Waals surface area contributed by atoms with Crippen LogP contribution in [-0.4, -0.2) is 20.6 Å². The molecule has 0 atom stereocenters. The minimum Gasteiger partial charge on any atom is -0.493 e. The molecular formula is C20H17N5O2S. The van der Waals surface area contributed by atoms with Gasteiger partial charge < -0.3 is 15.4 Å². The van der Waals surface area contributed by atoms with E-state index >= 15 is 0 Å². The molecule has 2 aromatic carbocycles. The zero-order valence-electron chi connectivity index (χ0n) is 15.0. The van der Waals surface area contributed by atoms with Crippen molar-refractivity contribution in [2.75, 3.05) is 5.73 Å². The fourth-order valence-corrected chi connectivity index (χ4v) is 3.89. The molecule has 0 aliphatic heterocycles. The first-order valence-corrected chi connectivity index (χ1v) is 9.38. The summed E-state index contributed by atoms with van der Waals surface area (Å²) in [5.74, 6) is -0.474. The standard InChI is InChI=1S/C20H17N5O2S/c1-25-14-10-6-5-9-13(14)18(19(25)27)24-23-16(26)11-15-17(22-20(21)28-15)12-7-3-2-4-8-12/h2-10,27H,11H2,1H3,(H2,21,22). The number of nitrogens with zero attached hydrogens (tertiary/aromatic N) is 4. The molecule has 0 aliphatic rings. The van der Waals surface area contributed by atoms with Gasteiger partial charge in [0.2, 0.25) is 5.88 Å². The van der Waals surface area contributed by atoms with E-state index in [1.807, 2.05) is 54.6 Å². The molecule has 7 nitrogen and oxygen atoms in total. The Balaban J connectivity index is 1.61. The molecule has 0 unspecified atom stereocenters. The number of benzene rings is 2. The summed E-state index contributed by atoms with van der Waals surface area (Å²) in [6.45, 7) is 0. The van der Waals surface area contributed by atoms with Crippen molar-refractivity contribution in [3.63, 3.8) is 0 Å². The van der Waals surface area contributed by atoms with Gasteiger partial charge >= 0.3 is 0 Å². The molecule has 2 aromatic heterocycles. The molecule has 140 valence electrons. The summed E-state index contributed by atoms with van der Waals surface area (Å²) in [5, 5.41) is 19.2. The number of hydrogen-bond donors (Lipinski definition) is 2. The maximum Gasteiger partial charge on any atom is 0.270 e. The molecule has 0 aliphatic carbocycles. The van der Waals surface area contributed by atoms with E-state index < -0.39 is 5.91 Å². The molecule has 8 heteroatoms. The zero-order valence-corrected chi connectivity index (χ0v) is 15.8. The summed E-state index contributed by atoms with van der Waals surface area (Å²) in [5.41, 5.74) is 8.50. The number of para-hydroxylation sites is 1. The molecular weight excluding hydrogens is 374 g/mol. The van der Waals surface area contributed by atoms with Crippen LogP contribution in [0.1, 0.15) is 4.88 Å². The number of carbonyl (C=O) groups is 1. The van der Waals surface area contributed by atoms with E-state index in [0.717, 1.165) is 21.3 Å². The van der Waals surface area contributed by atoms with Gasteiger partial charge in [0, 0.05) is 22.9 Å². The third-order valence-corrected chi connectivity index (χ3v) is 5.27. The Kier molecular flexibility index (Phi) is 4.62. The molecule has 0 spiro atoms. The Bertz CT molecular complexity index is 1190. The lowest BCUT2D eigenvalue weighted by Gasteiger charge is -1.99. The van der Waals surface area contributed by atoms with Crippen molar-refractivity contribution in [1.82, 2.24) is 9.55 Å². The number of aryl methyl sites for hydroxylation is 1. The quantitative estimate of drug-likeness (QED) is 0.502. The Labute approximate surface area is 164 Å². The first kappa shape index (κ1) is 17.9. The Morgan fingerprint density at radius 2 is 1.89 bits per heavy atom. The number of aromatic hydroxyl groups is 1. The fraction of sp³-hybridized carbons (Fsp3) is 0.100. The van der Waals surface area contributed by atoms with Crippen molar-refractivity contribution in [2.45, 2.75) is 6.42 Å². The number of amides is 1. The summed E-state index contributed by atoms with van der Waals surface area (Å²) in [7, 11) is 1.73. The highest BCUT2D eigenvalue weighted by atomic mass is 32.1. The van der Waals surface area contributed by atoms with Gasteiger partial charge in [-0.3, -0.25) is 4.79 Å². The van der Waals surface area contributed by atoms with E-state index in [-0.39, 0.29) is 18.0 Å². The smallest absolute Gasteiger partial charge is 0.270 e. The summed E-state index contributed by atoms with van der Waals surface area (Å²) in [6.07, 6.45) is 0.0358. The van der Waals surface area contributed by atoms with Gasteiger partial charge in [0.15, 0.2) is 10.8 Å². The van der Waals surface area contributed by atoms with Gasteiger partial charge in [-0.25, -0.2) is 4.98 Å². The van der Waals surface area contributed by atoms with E-state index in [4.69, 9.17) is 5.73 Å². The lowest BCUT2D eigenvalue weighted by Crippen LogP contribution is -1.97. The van der Waals surface area contributed by atoms with Crippen molar-refractivity contribution in [3.8, 4) is 17.1 Å². The minimum absolute atomic E-state index is 0.0358. The average molecular weight is 391 g/mol. The minimum atomic E-state index is -0.437. The molecule has 0 fully saturated rings. The largest absolute Gasteiger partial charge is 0.493 e.